The number of halogens is 9. The largest absolute Gasteiger partial charge is 0.435 e. The van der Waals surface area contributed by atoms with Crippen LogP contribution in [-0.2, 0) is 46.9 Å². The second kappa shape index (κ2) is 14.5. The quantitative estimate of drug-likeness (QED) is 0.113. The van der Waals surface area contributed by atoms with Gasteiger partial charge < -0.3 is 10.4 Å². The fourth-order valence-electron chi connectivity index (χ4n) is 7.05. The van der Waals surface area contributed by atoms with Crippen LogP contribution >= 0.6 is 11.6 Å². The molecule has 308 valence electrons. The third-order valence-corrected chi connectivity index (χ3v) is 10.4. The Kier molecular flexibility index (Phi) is 10.2. The van der Waals surface area contributed by atoms with Crippen LogP contribution in [0, 0.1) is 41.2 Å². The van der Waals surface area contributed by atoms with Crippen LogP contribution in [0.5, 0.6) is 0 Å². The smallest absolute Gasteiger partial charge is 0.375 e. The van der Waals surface area contributed by atoms with Crippen LogP contribution < -0.4 is 10.0 Å². The highest BCUT2D eigenvalue weighted by Crippen LogP contribution is 2.58. The lowest BCUT2D eigenvalue weighted by Crippen LogP contribution is -2.36. The predicted molar refractivity (Wildman–Crippen MR) is 197 cm³/mol. The maximum Gasteiger partial charge on any atom is 0.435 e. The van der Waals surface area contributed by atoms with Gasteiger partial charge in [-0.15, -0.1) is 0 Å². The Labute approximate surface area is 334 Å². The molecule has 0 saturated carbocycles. The zero-order valence-electron chi connectivity index (χ0n) is 30.6. The summed E-state index contributed by atoms with van der Waals surface area (Å²) in [4.78, 5) is 18.5. The zero-order chi connectivity index (χ0) is 43.0. The van der Waals surface area contributed by atoms with E-state index in [9.17, 15) is 44.7 Å². The molecule has 2 aliphatic rings. The molecule has 3 aromatic heterocycles. The Balaban J connectivity index is 1.40. The molecule has 4 atom stereocenters. The third kappa shape index (κ3) is 7.91. The van der Waals surface area contributed by atoms with Crippen LogP contribution in [0.15, 0.2) is 42.5 Å². The minimum absolute atomic E-state index is 0.0501. The van der Waals surface area contributed by atoms with Crippen molar-refractivity contribution in [1.29, 1.82) is 0 Å². The first kappa shape index (κ1) is 41.5. The second-order valence-corrected chi connectivity index (χ2v) is 16.3. The molecular formula is C38H28ClF8N7O4S. The molecule has 2 aliphatic carbocycles. The molecule has 21 heteroatoms. The van der Waals surface area contributed by atoms with Gasteiger partial charge >= 0.3 is 12.1 Å². The van der Waals surface area contributed by atoms with Crippen molar-refractivity contribution in [3.63, 3.8) is 0 Å². The summed E-state index contributed by atoms with van der Waals surface area (Å²) in [5.74, 6) is -1.16. The third-order valence-electron chi connectivity index (χ3n) is 9.48. The number of anilines is 1. The molecule has 0 aliphatic heterocycles. The van der Waals surface area contributed by atoms with Gasteiger partial charge in [-0.1, -0.05) is 35.4 Å². The average Bonchev–Trinajstić information content (AvgIpc) is 3.68. The summed E-state index contributed by atoms with van der Waals surface area (Å²) < 4.78 is 144. The highest BCUT2D eigenvalue weighted by molar-refractivity contribution is 7.92. The number of aromatic nitrogens is 5. The van der Waals surface area contributed by atoms with Gasteiger partial charge in [-0.2, -0.15) is 32.1 Å². The van der Waals surface area contributed by atoms with Gasteiger partial charge in [0.15, 0.2) is 17.1 Å². The van der Waals surface area contributed by atoms with Crippen molar-refractivity contribution in [3.05, 3.63) is 93.0 Å². The Hall–Kier alpha value is -5.70. The molecule has 2 aromatic carbocycles. The van der Waals surface area contributed by atoms with E-state index in [0.717, 1.165) is 25.3 Å². The maximum atomic E-state index is 15.5. The minimum Gasteiger partial charge on any atom is -0.375 e. The molecule has 1 amide bonds. The number of rotatable bonds is 10. The van der Waals surface area contributed by atoms with Crippen LogP contribution in [0.1, 0.15) is 52.8 Å². The van der Waals surface area contributed by atoms with Crippen molar-refractivity contribution in [2.24, 2.45) is 13.0 Å². The first-order chi connectivity index (χ1) is 27.5. The van der Waals surface area contributed by atoms with Crippen LogP contribution in [0.2, 0.25) is 5.02 Å². The van der Waals surface area contributed by atoms with E-state index >= 15 is 8.78 Å². The number of pyridine rings is 1. The van der Waals surface area contributed by atoms with Crippen LogP contribution in [0.4, 0.5) is 40.9 Å². The molecule has 7 rings (SSSR count). The highest BCUT2D eigenvalue weighted by Gasteiger charge is 2.62. The number of aliphatic hydroxyl groups is 1. The molecule has 59 heavy (non-hydrogen) atoms. The molecule has 3 heterocycles. The number of hydrogen-bond acceptors (Lipinski definition) is 7. The lowest BCUT2D eigenvalue weighted by molar-refractivity contribution is -0.142. The summed E-state index contributed by atoms with van der Waals surface area (Å²) in [5.41, 5.74) is -5.51. The summed E-state index contributed by atoms with van der Waals surface area (Å²) in [6.45, 7) is -1.38. The van der Waals surface area contributed by atoms with Gasteiger partial charge in [-0.3, -0.25) is 18.9 Å². The van der Waals surface area contributed by atoms with Crippen molar-refractivity contribution >= 4 is 44.3 Å². The summed E-state index contributed by atoms with van der Waals surface area (Å²) in [5, 5.41) is 20.6. The molecule has 0 saturated heterocycles. The SMILES string of the molecule is Cn1nc(NS(C)(=O)=O)c2c(Cl)ccc(-c3ccc(C#CC(C)(O)CF)nc3[C@H](Cc3cc(F)cc(F)c3)NC(=O)Cn3nc(C(F)(F)F)c4c3C(F)(F)[C@@H]3C#C[C@H]43)c21. The first-order valence-electron chi connectivity index (χ1n) is 17.2. The van der Waals surface area contributed by atoms with E-state index in [2.05, 4.69) is 48.9 Å². The van der Waals surface area contributed by atoms with Gasteiger partial charge in [-0.25, -0.2) is 26.6 Å². The van der Waals surface area contributed by atoms with E-state index in [1.807, 2.05) is 0 Å². The Morgan fingerprint density at radius 1 is 1.08 bits per heavy atom. The fourth-order valence-corrected chi connectivity index (χ4v) is 7.79. The summed E-state index contributed by atoms with van der Waals surface area (Å²) in [6, 6.07) is 6.60. The molecule has 0 radical (unpaired) electrons. The van der Waals surface area contributed by atoms with Gasteiger partial charge in [-0.05, 0) is 55.2 Å². The number of sulfonamides is 1. The Bertz CT molecular complexity index is 2800. The summed E-state index contributed by atoms with van der Waals surface area (Å²) in [7, 11) is -2.43. The number of alkyl halides is 6. The topological polar surface area (TPSA) is 144 Å². The van der Waals surface area contributed by atoms with Crippen molar-refractivity contribution in [2.45, 2.75) is 49.5 Å². The van der Waals surface area contributed by atoms with Crippen LogP contribution in [0.3, 0.4) is 0 Å². The number of aryl methyl sites for hydroxylation is 1. The normalized spacial score (nSPS) is 18.1. The molecule has 1 unspecified atom stereocenters. The zero-order valence-corrected chi connectivity index (χ0v) is 32.2. The number of nitrogens with zero attached hydrogens (tertiary/aromatic N) is 5. The molecule has 11 nitrogen and oxygen atoms in total. The Morgan fingerprint density at radius 2 is 1.76 bits per heavy atom. The van der Waals surface area contributed by atoms with E-state index in [1.54, 1.807) is 0 Å². The molecule has 5 aromatic rings. The van der Waals surface area contributed by atoms with E-state index in [0.29, 0.717) is 6.07 Å². The van der Waals surface area contributed by atoms with Gasteiger partial charge in [0.2, 0.25) is 15.9 Å². The van der Waals surface area contributed by atoms with E-state index in [4.69, 9.17) is 11.6 Å². The van der Waals surface area contributed by atoms with Gasteiger partial charge in [0.25, 0.3) is 0 Å². The van der Waals surface area contributed by atoms with Crippen molar-refractivity contribution in [1.82, 2.24) is 29.9 Å². The lowest BCUT2D eigenvalue weighted by atomic mass is 9.84. The molecule has 0 spiro atoms. The summed E-state index contributed by atoms with van der Waals surface area (Å²) >= 11 is 6.54. The number of amides is 1. The number of carbonyl (C=O) groups is 1. The van der Waals surface area contributed by atoms with Crippen molar-refractivity contribution in [3.8, 4) is 34.8 Å². The molecule has 0 fully saturated rings. The summed E-state index contributed by atoms with van der Waals surface area (Å²) in [6.07, 6.45) is -4.78. The number of nitrogens with one attached hydrogen (secondary N) is 2. The highest BCUT2D eigenvalue weighted by atomic mass is 35.5. The monoisotopic (exact) mass is 865 g/mol. The number of carbonyl (C=O) groups excluding carboxylic acids is 1. The van der Waals surface area contributed by atoms with E-state index in [1.165, 1.54) is 36.0 Å². The van der Waals surface area contributed by atoms with Crippen LogP contribution in [-0.4, -0.2) is 62.5 Å². The predicted octanol–water partition coefficient (Wildman–Crippen LogP) is 6.15. The number of fused-ring (bicyclic) bond motifs is 4. The van der Waals surface area contributed by atoms with Gasteiger partial charge in [0.1, 0.15) is 42.2 Å². The molecule has 3 N–H and O–H groups in total. The molecular weight excluding hydrogens is 838 g/mol. The number of hydrogen-bond donors (Lipinski definition) is 3. The number of benzene rings is 2. The standard InChI is InChI=1S/C38H28ClF8N7O4S/c1-36(56,17-40)11-10-21-4-5-22(23-7-9-26(39)30-32(23)53(2)51-35(30)52-59(3,57)58)31(48-21)27(14-18-12-19(41)15-20(42)13-18)49-28(55)16-54-34-29(33(50-54)38(45,46)47)24-6-8-25(24)37(34,43)44/h4-5,7,9,12-13,15,24-25,27,56H,14,16-17H2,1-3H3,(H,49,55)(H,51,52)/t24-,25+,27-,36?/m0/s1. The van der Waals surface area contributed by atoms with Gasteiger partial charge in [0.05, 0.1) is 39.8 Å². The van der Waals surface area contributed by atoms with E-state index in [-0.39, 0.29) is 54.5 Å². The van der Waals surface area contributed by atoms with Crippen molar-refractivity contribution in [2.75, 3.05) is 17.7 Å². The average molecular weight is 866 g/mol. The minimum atomic E-state index is -5.18. The Morgan fingerprint density at radius 3 is 2.37 bits per heavy atom. The molecule has 0 bridgehead atoms. The van der Waals surface area contributed by atoms with E-state index < -0.39 is 99.7 Å². The fraction of sp³-hybridized carbons (Fsp3) is 0.316. The maximum absolute atomic E-state index is 15.5. The lowest BCUT2D eigenvalue weighted by Gasteiger charge is -2.24. The van der Waals surface area contributed by atoms with Crippen molar-refractivity contribution < 1.29 is 53.4 Å². The first-order valence-corrected chi connectivity index (χ1v) is 19.5. The van der Waals surface area contributed by atoms with Crippen LogP contribution in [0.25, 0.3) is 22.0 Å². The second-order valence-electron chi connectivity index (χ2n) is 14.2. The van der Waals surface area contributed by atoms with Gasteiger partial charge in [0, 0.05) is 29.8 Å².